The summed E-state index contributed by atoms with van der Waals surface area (Å²) in [6.07, 6.45) is 3.16. The molecule has 4 aromatic carbocycles. The molecule has 3 aromatic heterocycles. The molecule has 0 N–H and O–H groups in total. The van der Waals surface area contributed by atoms with Gasteiger partial charge < -0.3 is 14.4 Å². The summed E-state index contributed by atoms with van der Waals surface area (Å²) in [5.41, 5.74) is 8.63. The number of aromatic nitrogens is 2. The van der Waals surface area contributed by atoms with Gasteiger partial charge in [-0.3, -0.25) is 0 Å². The molecule has 0 unspecified atom stereocenters. The standard InChI is InChI=1S/C26H18F2NO.C15H18NSi.Ir/c1-14-9-15(2)25(16(3)10-14)21-12-23(29-13-22(21)28)20-6-4-5-19-18-8-7-17(27)11-24(18)30-26(19)20;1-12-5-7-13(8-6-12)15-10-9-14(11-16-15)17(2,3)4;/h4-5,7-13H,1-3H3;5-7,9-11H,1-4H3;/q2*-1;/i;1D3;. The van der Waals surface area contributed by atoms with Crippen LogP contribution >= 0.6 is 0 Å². The van der Waals surface area contributed by atoms with Crippen LogP contribution in [0.2, 0.25) is 19.6 Å². The number of halogens is 2. The number of furan rings is 1. The predicted molar refractivity (Wildman–Crippen MR) is 192 cm³/mol. The van der Waals surface area contributed by atoms with Gasteiger partial charge in [0.2, 0.25) is 0 Å². The van der Waals surface area contributed by atoms with Crippen molar-refractivity contribution < 1.29 is 37.4 Å². The van der Waals surface area contributed by atoms with Crippen LogP contribution in [0.5, 0.6) is 0 Å². The first-order valence-electron chi connectivity index (χ1n) is 16.9. The smallest absolute Gasteiger partial charge is 0.147 e. The maximum absolute atomic E-state index is 14.8. The zero-order valence-electron chi connectivity index (χ0n) is 30.6. The third-order valence-electron chi connectivity index (χ3n) is 8.17. The van der Waals surface area contributed by atoms with Gasteiger partial charge in [-0.25, -0.2) is 8.78 Å². The zero-order chi connectivity index (χ0) is 36.0. The molecule has 3 nitrogen and oxygen atoms in total. The fourth-order valence-electron chi connectivity index (χ4n) is 5.86. The summed E-state index contributed by atoms with van der Waals surface area (Å²) >= 11 is 0. The van der Waals surface area contributed by atoms with Crippen molar-refractivity contribution in [2.24, 2.45) is 0 Å². The summed E-state index contributed by atoms with van der Waals surface area (Å²) in [5.74, 6) is -0.743. The maximum Gasteiger partial charge on any atom is 0.147 e. The third-order valence-corrected chi connectivity index (χ3v) is 10.2. The van der Waals surface area contributed by atoms with E-state index in [1.807, 2.05) is 51.2 Å². The average molecular weight is 834 g/mol. The molecule has 0 fully saturated rings. The Bertz CT molecular complexity index is 2270. The largest absolute Gasteiger partial charge is 0.500 e. The quantitative estimate of drug-likeness (QED) is 0.131. The first-order chi connectivity index (χ1) is 23.6. The Morgan fingerprint density at radius 1 is 0.771 bits per heavy atom. The van der Waals surface area contributed by atoms with Crippen LogP contribution in [0.1, 0.15) is 26.4 Å². The molecule has 7 rings (SSSR count). The molecule has 0 saturated heterocycles. The van der Waals surface area contributed by atoms with Crippen LogP contribution in [0.15, 0.2) is 95.7 Å². The van der Waals surface area contributed by atoms with Gasteiger partial charge in [-0.1, -0.05) is 73.3 Å². The first kappa shape index (κ1) is 31.0. The molecule has 0 bridgehead atoms. The number of rotatable bonds is 4. The van der Waals surface area contributed by atoms with Gasteiger partial charge in [0.05, 0.1) is 19.9 Å². The van der Waals surface area contributed by atoms with Gasteiger partial charge in [0.15, 0.2) is 0 Å². The Labute approximate surface area is 299 Å². The van der Waals surface area contributed by atoms with Crippen LogP contribution in [0.25, 0.3) is 55.6 Å². The number of benzene rings is 4. The van der Waals surface area contributed by atoms with Gasteiger partial charge in [0, 0.05) is 47.4 Å². The van der Waals surface area contributed by atoms with Crippen molar-refractivity contribution in [2.75, 3.05) is 0 Å². The van der Waals surface area contributed by atoms with Crippen LogP contribution in [-0.2, 0) is 20.1 Å². The Hall–Kier alpha value is -4.29. The molecule has 0 aliphatic heterocycles. The minimum atomic E-state index is -2.08. The van der Waals surface area contributed by atoms with Crippen LogP contribution < -0.4 is 5.19 Å². The summed E-state index contributed by atoms with van der Waals surface area (Å²) < 4.78 is 56.5. The van der Waals surface area contributed by atoms with E-state index in [1.54, 1.807) is 30.3 Å². The Balaban J connectivity index is 0.000000211. The number of hydrogen-bond acceptors (Lipinski definition) is 3. The molecule has 7 aromatic rings. The van der Waals surface area contributed by atoms with Gasteiger partial charge in [-0.2, -0.15) is 0 Å². The fourth-order valence-corrected chi connectivity index (χ4v) is 6.89. The first-order valence-corrected chi connectivity index (χ1v) is 18.9. The number of pyridine rings is 2. The molecule has 48 heavy (non-hydrogen) atoms. The molecule has 7 heteroatoms. The number of aryl methyl sites for hydroxylation is 4. The average Bonchev–Trinajstić information content (AvgIpc) is 3.42. The van der Waals surface area contributed by atoms with Crippen molar-refractivity contribution in [2.45, 2.75) is 47.3 Å². The third kappa shape index (κ3) is 7.24. The fraction of sp³-hybridized carbons (Fsp3) is 0.171. The van der Waals surface area contributed by atoms with Gasteiger partial charge >= 0.3 is 0 Å². The molecule has 245 valence electrons. The minimum Gasteiger partial charge on any atom is -0.500 e. The van der Waals surface area contributed by atoms with E-state index in [2.05, 4.69) is 47.8 Å². The Morgan fingerprint density at radius 3 is 2.17 bits per heavy atom. The van der Waals surface area contributed by atoms with E-state index in [-0.39, 0.29) is 31.7 Å². The number of hydrogen-bond donors (Lipinski definition) is 0. The predicted octanol–water partition coefficient (Wildman–Crippen LogP) is 10.7. The second kappa shape index (κ2) is 14.1. The monoisotopic (exact) mass is 834 g/mol. The van der Waals surface area contributed by atoms with E-state index in [1.165, 1.54) is 29.6 Å². The Kier molecular flexibility index (Phi) is 9.08. The van der Waals surface area contributed by atoms with Crippen molar-refractivity contribution in [1.29, 1.82) is 0 Å². The molecule has 3 heterocycles. The maximum atomic E-state index is 14.8. The summed E-state index contributed by atoms with van der Waals surface area (Å²) in [6, 6.07) is 29.1. The van der Waals surface area contributed by atoms with E-state index >= 15 is 0 Å². The topological polar surface area (TPSA) is 38.9 Å². The van der Waals surface area contributed by atoms with Crippen LogP contribution in [0, 0.1) is 51.4 Å². The molecule has 1 radical (unpaired) electrons. The molecule has 0 saturated carbocycles. The zero-order valence-corrected chi connectivity index (χ0v) is 30.9. The molecule has 0 aliphatic rings. The van der Waals surface area contributed by atoms with E-state index in [9.17, 15) is 8.78 Å². The van der Waals surface area contributed by atoms with Gasteiger partial charge in [0.25, 0.3) is 0 Å². The van der Waals surface area contributed by atoms with Gasteiger partial charge in [-0.05, 0) is 66.2 Å². The van der Waals surface area contributed by atoms with Crippen LogP contribution in [0.4, 0.5) is 8.78 Å². The molecule has 0 amide bonds. The summed E-state index contributed by atoms with van der Waals surface area (Å²) in [5, 5.41) is 2.96. The van der Waals surface area contributed by atoms with Crippen LogP contribution in [-0.4, -0.2) is 18.0 Å². The van der Waals surface area contributed by atoms with E-state index < -0.39 is 14.9 Å². The van der Waals surface area contributed by atoms with Crippen molar-refractivity contribution in [3.8, 4) is 33.6 Å². The van der Waals surface area contributed by atoms with Crippen LogP contribution in [0.3, 0.4) is 0 Å². The molecular formula is C41H36F2IrN2OSi-2. The summed E-state index contributed by atoms with van der Waals surface area (Å²) in [4.78, 5) is 8.78. The SMILES string of the molecule is Cc1cc(C)c(-c2cc(-c3[c-]ccc4c3oc3cc(F)ccc34)ncc2F)c(C)c1.[2H]C([2H])([2H])c1c[c-]c(-c2ccc([Si](C)(C)C)cn2)cc1.[Ir]. The minimum absolute atomic E-state index is 0. The molecular weight excluding hydrogens is 795 g/mol. The number of fused-ring (bicyclic) bond motifs is 3. The van der Waals surface area contributed by atoms with Crippen molar-refractivity contribution >= 4 is 35.2 Å². The normalized spacial score (nSPS) is 12.5. The van der Waals surface area contributed by atoms with Gasteiger partial charge in [-0.15, -0.1) is 53.6 Å². The molecule has 0 aliphatic carbocycles. The number of nitrogens with zero attached hydrogens (tertiary/aromatic N) is 2. The van der Waals surface area contributed by atoms with Gasteiger partial charge in [0.1, 0.15) is 17.2 Å². The molecule has 0 atom stereocenters. The Morgan fingerprint density at radius 2 is 1.52 bits per heavy atom. The van der Waals surface area contributed by atoms with Crippen molar-refractivity contribution in [1.82, 2.24) is 9.97 Å². The van der Waals surface area contributed by atoms with E-state index in [0.717, 1.165) is 44.3 Å². The van der Waals surface area contributed by atoms with E-state index in [4.69, 9.17) is 8.53 Å². The van der Waals surface area contributed by atoms with Crippen molar-refractivity contribution in [3.05, 3.63) is 137 Å². The van der Waals surface area contributed by atoms with E-state index in [0.29, 0.717) is 33.6 Å². The van der Waals surface area contributed by atoms with Crippen molar-refractivity contribution in [3.63, 3.8) is 0 Å². The second-order valence-electron chi connectivity index (χ2n) is 12.8. The summed E-state index contributed by atoms with van der Waals surface area (Å²) in [6.45, 7) is 10.7. The second-order valence-corrected chi connectivity index (χ2v) is 17.9. The summed E-state index contributed by atoms with van der Waals surface area (Å²) in [7, 11) is -1.34. The molecule has 0 spiro atoms.